The van der Waals surface area contributed by atoms with Crippen LogP contribution in [0.1, 0.15) is 54.1 Å². The molecule has 34 heavy (non-hydrogen) atoms. The molecule has 1 aliphatic carbocycles. The highest BCUT2D eigenvalue weighted by Gasteiger charge is 2.37. The molecule has 178 valence electrons. The van der Waals surface area contributed by atoms with Crippen LogP contribution < -0.4 is 9.46 Å². The molecule has 1 saturated carbocycles. The van der Waals surface area contributed by atoms with Gasteiger partial charge < -0.3 is 9.64 Å². The average molecular weight is 502 g/mol. The minimum Gasteiger partial charge on any atom is -0.477 e. The van der Waals surface area contributed by atoms with Crippen molar-refractivity contribution in [1.29, 1.82) is 0 Å². The minimum atomic E-state index is -3.47. The van der Waals surface area contributed by atoms with E-state index in [2.05, 4.69) is 29.6 Å². The van der Waals surface area contributed by atoms with Gasteiger partial charge in [0.2, 0.25) is 21.9 Å². The molecule has 3 aromatic rings. The second kappa shape index (κ2) is 9.22. The van der Waals surface area contributed by atoms with E-state index in [-0.39, 0.29) is 23.1 Å². The van der Waals surface area contributed by atoms with Crippen LogP contribution in [0.5, 0.6) is 5.88 Å². The molecule has 1 unspecified atom stereocenters. The highest BCUT2D eigenvalue weighted by atomic mass is 32.2. The number of carbonyl (C=O) groups excluding carboxylic acids is 1. The zero-order valence-electron chi connectivity index (χ0n) is 18.4. The number of hydrogen-bond donors (Lipinski definition) is 1. The minimum absolute atomic E-state index is 0.0352. The lowest BCUT2D eigenvalue weighted by Gasteiger charge is -2.23. The van der Waals surface area contributed by atoms with Crippen molar-refractivity contribution in [3.8, 4) is 16.5 Å². The summed E-state index contributed by atoms with van der Waals surface area (Å²) in [5.41, 5.74) is 1.19. The zero-order chi connectivity index (χ0) is 23.7. The molecule has 1 saturated heterocycles. The predicted octanol–water partition coefficient (Wildman–Crippen LogP) is 2.67. The lowest BCUT2D eigenvalue weighted by molar-refractivity contribution is 0.0732. The van der Waals surface area contributed by atoms with Gasteiger partial charge >= 0.3 is 0 Å². The molecular formula is C21H23N7O4S2. The Bertz CT molecular complexity index is 1310. The summed E-state index contributed by atoms with van der Waals surface area (Å²) >= 11 is 1.24. The molecule has 0 radical (unpaired) electrons. The van der Waals surface area contributed by atoms with Crippen LogP contribution >= 0.6 is 11.3 Å². The Morgan fingerprint density at radius 1 is 1.21 bits per heavy atom. The Kier molecular flexibility index (Phi) is 6.13. The predicted molar refractivity (Wildman–Crippen MR) is 125 cm³/mol. The van der Waals surface area contributed by atoms with Gasteiger partial charge in [0.25, 0.3) is 5.91 Å². The monoisotopic (exact) mass is 501 g/mol. The Hall–Kier alpha value is -3.19. The van der Waals surface area contributed by atoms with Crippen LogP contribution in [0.2, 0.25) is 0 Å². The molecule has 0 spiro atoms. The molecular weight excluding hydrogens is 478 g/mol. The van der Waals surface area contributed by atoms with Gasteiger partial charge in [-0.15, -0.1) is 11.3 Å². The molecule has 0 bridgehead atoms. The average Bonchev–Trinajstić information content (AvgIpc) is 3.39. The molecule has 2 aliphatic rings. The summed E-state index contributed by atoms with van der Waals surface area (Å²) < 4.78 is 32.4. The summed E-state index contributed by atoms with van der Waals surface area (Å²) in [7, 11) is -3.47. The molecule has 1 amide bonds. The fourth-order valence-corrected chi connectivity index (χ4v) is 5.91. The number of rotatable bonds is 8. The molecule has 2 fully saturated rings. The molecule has 1 aliphatic heterocycles. The van der Waals surface area contributed by atoms with E-state index in [1.165, 1.54) is 23.7 Å². The molecule has 5 rings (SSSR count). The smallest absolute Gasteiger partial charge is 0.283 e. The van der Waals surface area contributed by atoms with Crippen molar-refractivity contribution in [2.24, 2.45) is 0 Å². The summed E-state index contributed by atoms with van der Waals surface area (Å²) in [6.07, 6.45) is 9.09. The van der Waals surface area contributed by atoms with Gasteiger partial charge in [0.05, 0.1) is 40.9 Å². The van der Waals surface area contributed by atoms with Crippen molar-refractivity contribution in [2.45, 2.75) is 43.9 Å². The Morgan fingerprint density at radius 2 is 2.06 bits per heavy atom. The number of likely N-dealkylation sites (tertiary alicyclic amines) is 1. The molecule has 4 heterocycles. The van der Waals surface area contributed by atoms with Gasteiger partial charge in [-0.1, -0.05) is 0 Å². The van der Waals surface area contributed by atoms with Crippen molar-refractivity contribution in [3.05, 3.63) is 41.6 Å². The standard InChI is InChI=1S/C21H23N7O4S2/c1-2-32-18-12-22-10-15(25-18)17-11-24-19(33-17)20(29)28-9-3-4-16(28)14-7-8-23-21(26-14)27-34(30,31)13-5-6-13/h7-8,10-13,16H,2-6,9H2,1H3,(H,23,26,27). The van der Waals surface area contributed by atoms with Crippen LogP contribution in [-0.4, -0.2) is 62.5 Å². The summed E-state index contributed by atoms with van der Waals surface area (Å²) in [6, 6.07) is 1.43. The molecule has 11 nitrogen and oxygen atoms in total. The van der Waals surface area contributed by atoms with Gasteiger partial charge in [-0.25, -0.2) is 28.4 Å². The lowest BCUT2D eigenvalue weighted by atomic mass is 10.1. The van der Waals surface area contributed by atoms with Crippen LogP contribution in [0.4, 0.5) is 5.95 Å². The van der Waals surface area contributed by atoms with Crippen LogP contribution in [-0.2, 0) is 10.0 Å². The highest BCUT2D eigenvalue weighted by molar-refractivity contribution is 7.93. The zero-order valence-corrected chi connectivity index (χ0v) is 20.0. The van der Waals surface area contributed by atoms with E-state index < -0.39 is 10.0 Å². The fourth-order valence-electron chi connectivity index (χ4n) is 3.81. The number of ether oxygens (including phenoxy) is 1. The SMILES string of the molecule is CCOc1cncc(-c2cnc(C(=O)N3CCCC3c3ccnc(NS(=O)(=O)C4CC4)n3)s2)n1. The van der Waals surface area contributed by atoms with E-state index >= 15 is 0 Å². The molecule has 1 atom stereocenters. The normalized spacial score (nSPS) is 18.1. The third-order valence-electron chi connectivity index (χ3n) is 5.57. The number of nitrogens with zero attached hydrogens (tertiary/aromatic N) is 6. The van der Waals surface area contributed by atoms with E-state index in [9.17, 15) is 13.2 Å². The number of thiazole rings is 1. The Balaban J connectivity index is 1.34. The number of hydrogen-bond acceptors (Lipinski definition) is 10. The first-order valence-electron chi connectivity index (χ1n) is 11.0. The Labute approximate surface area is 200 Å². The maximum Gasteiger partial charge on any atom is 0.283 e. The number of anilines is 1. The van der Waals surface area contributed by atoms with Crippen molar-refractivity contribution < 1.29 is 17.9 Å². The maximum absolute atomic E-state index is 13.3. The third-order valence-corrected chi connectivity index (χ3v) is 8.40. The van der Waals surface area contributed by atoms with Gasteiger partial charge in [-0.05, 0) is 38.7 Å². The van der Waals surface area contributed by atoms with Gasteiger partial charge in [-0.2, -0.15) is 0 Å². The number of nitrogens with one attached hydrogen (secondary N) is 1. The molecule has 13 heteroatoms. The summed E-state index contributed by atoms with van der Waals surface area (Å²) in [5, 5.41) is -0.0310. The van der Waals surface area contributed by atoms with E-state index in [0.717, 1.165) is 12.8 Å². The van der Waals surface area contributed by atoms with Crippen LogP contribution in [0.15, 0.2) is 30.9 Å². The van der Waals surface area contributed by atoms with E-state index in [4.69, 9.17) is 4.74 Å². The lowest BCUT2D eigenvalue weighted by Crippen LogP contribution is -2.31. The van der Waals surface area contributed by atoms with Crippen molar-refractivity contribution in [3.63, 3.8) is 0 Å². The van der Waals surface area contributed by atoms with Crippen molar-refractivity contribution in [2.75, 3.05) is 17.9 Å². The fraction of sp³-hybridized carbons (Fsp3) is 0.429. The largest absolute Gasteiger partial charge is 0.477 e. The highest BCUT2D eigenvalue weighted by Crippen LogP contribution is 2.35. The second-order valence-electron chi connectivity index (χ2n) is 8.01. The van der Waals surface area contributed by atoms with E-state index in [0.29, 0.717) is 53.1 Å². The van der Waals surface area contributed by atoms with Gasteiger partial charge in [0.1, 0.15) is 5.69 Å². The van der Waals surface area contributed by atoms with Crippen LogP contribution in [0.25, 0.3) is 10.6 Å². The number of carbonyl (C=O) groups is 1. The van der Waals surface area contributed by atoms with E-state index in [1.807, 2.05) is 6.92 Å². The van der Waals surface area contributed by atoms with Gasteiger partial charge in [0, 0.05) is 18.9 Å². The van der Waals surface area contributed by atoms with Gasteiger partial charge in [0.15, 0.2) is 5.01 Å². The van der Waals surface area contributed by atoms with Crippen molar-refractivity contribution in [1.82, 2.24) is 29.8 Å². The third kappa shape index (κ3) is 4.71. The molecule has 3 aromatic heterocycles. The maximum atomic E-state index is 13.3. The first-order chi connectivity index (χ1) is 16.4. The summed E-state index contributed by atoms with van der Waals surface area (Å²) in [6.45, 7) is 2.91. The first kappa shape index (κ1) is 22.6. The first-order valence-corrected chi connectivity index (χ1v) is 13.4. The van der Waals surface area contributed by atoms with Crippen LogP contribution in [0.3, 0.4) is 0 Å². The van der Waals surface area contributed by atoms with E-state index in [1.54, 1.807) is 23.4 Å². The second-order valence-corrected chi connectivity index (χ2v) is 11.0. The van der Waals surface area contributed by atoms with Crippen LogP contribution in [0, 0.1) is 0 Å². The van der Waals surface area contributed by atoms with Gasteiger partial charge in [-0.3, -0.25) is 14.5 Å². The summed E-state index contributed by atoms with van der Waals surface area (Å²) in [4.78, 5) is 37.1. The topological polar surface area (TPSA) is 140 Å². The number of aromatic nitrogens is 5. The molecule has 0 aromatic carbocycles. The quantitative estimate of drug-likeness (QED) is 0.493. The number of amides is 1. The summed E-state index contributed by atoms with van der Waals surface area (Å²) in [5.74, 6) is 0.247. The van der Waals surface area contributed by atoms with Crippen molar-refractivity contribution >= 4 is 33.2 Å². The Morgan fingerprint density at radius 3 is 2.85 bits per heavy atom. The number of sulfonamides is 1. The molecule has 1 N–H and O–H groups in total.